The summed E-state index contributed by atoms with van der Waals surface area (Å²) in [6.07, 6.45) is 23.7. The Hall–Kier alpha value is -1.49. The minimum absolute atomic E-state index is 0.685. The Kier molecular flexibility index (Phi) is 16.5. The van der Waals surface area contributed by atoms with Gasteiger partial charge >= 0.3 is 0 Å². The first-order chi connectivity index (χ1) is 13.9. The van der Waals surface area contributed by atoms with Gasteiger partial charge in [-0.05, 0) is 30.7 Å². The van der Waals surface area contributed by atoms with Crippen LogP contribution in [0.4, 0.5) is 0 Å². The van der Waals surface area contributed by atoms with Gasteiger partial charge in [-0.2, -0.15) is 5.26 Å². The first kappa shape index (κ1) is 24.5. The summed E-state index contributed by atoms with van der Waals surface area (Å²) in [5.41, 5.74) is 0.685. The van der Waals surface area contributed by atoms with E-state index in [9.17, 15) is 0 Å². The zero-order chi connectivity index (χ0) is 20.1. The molecule has 0 saturated carbocycles. The molecular formula is C26H43NO. The predicted octanol–water partition coefficient (Wildman–Crippen LogP) is 8.59. The van der Waals surface area contributed by atoms with E-state index in [-0.39, 0.29) is 0 Å². The molecule has 0 aliphatic rings. The van der Waals surface area contributed by atoms with Gasteiger partial charge in [0, 0.05) is 0 Å². The second kappa shape index (κ2) is 18.9. The summed E-state index contributed by atoms with van der Waals surface area (Å²) in [5, 5.41) is 8.78. The van der Waals surface area contributed by atoms with Gasteiger partial charge in [-0.1, -0.05) is 110 Å². The minimum Gasteiger partial charge on any atom is -0.494 e. The molecule has 158 valence electrons. The number of hydrogen-bond acceptors (Lipinski definition) is 2. The molecule has 0 fully saturated rings. The molecule has 0 aliphatic carbocycles. The van der Waals surface area contributed by atoms with Crippen LogP contribution in [-0.4, -0.2) is 6.61 Å². The SMILES string of the molecule is CCCCCCCCCCCCCCCCCCCOc1ccc(C#N)cc1. The van der Waals surface area contributed by atoms with Gasteiger partial charge in [-0.25, -0.2) is 0 Å². The van der Waals surface area contributed by atoms with Gasteiger partial charge in [-0.3, -0.25) is 0 Å². The quantitative estimate of drug-likeness (QED) is 0.223. The van der Waals surface area contributed by atoms with E-state index < -0.39 is 0 Å². The number of nitriles is 1. The molecule has 0 radical (unpaired) electrons. The van der Waals surface area contributed by atoms with Crippen molar-refractivity contribution in [2.45, 2.75) is 116 Å². The molecule has 0 bridgehead atoms. The summed E-state index contributed by atoms with van der Waals surface area (Å²) in [7, 11) is 0. The van der Waals surface area contributed by atoms with E-state index in [1.807, 2.05) is 24.3 Å². The van der Waals surface area contributed by atoms with Crippen LogP contribution in [0, 0.1) is 11.3 Å². The summed E-state index contributed by atoms with van der Waals surface area (Å²) < 4.78 is 5.72. The third-order valence-electron chi connectivity index (χ3n) is 5.50. The number of hydrogen-bond donors (Lipinski definition) is 0. The van der Waals surface area contributed by atoms with Crippen LogP contribution in [0.2, 0.25) is 0 Å². The minimum atomic E-state index is 0.685. The molecule has 1 aromatic rings. The van der Waals surface area contributed by atoms with E-state index in [1.165, 1.54) is 103 Å². The van der Waals surface area contributed by atoms with Gasteiger partial charge in [0.25, 0.3) is 0 Å². The van der Waals surface area contributed by atoms with Crippen LogP contribution in [0.5, 0.6) is 5.75 Å². The molecule has 28 heavy (non-hydrogen) atoms. The van der Waals surface area contributed by atoms with Crippen molar-refractivity contribution in [3.8, 4) is 11.8 Å². The van der Waals surface area contributed by atoms with E-state index in [2.05, 4.69) is 13.0 Å². The second-order valence-corrected chi connectivity index (χ2v) is 8.14. The number of nitrogens with zero attached hydrogens (tertiary/aromatic N) is 1. The Morgan fingerprint density at radius 1 is 0.607 bits per heavy atom. The molecule has 0 saturated heterocycles. The average molecular weight is 386 g/mol. The highest BCUT2D eigenvalue weighted by atomic mass is 16.5. The van der Waals surface area contributed by atoms with Gasteiger partial charge in [-0.15, -0.1) is 0 Å². The molecule has 1 aromatic carbocycles. The van der Waals surface area contributed by atoms with Crippen molar-refractivity contribution >= 4 is 0 Å². The molecule has 1 rings (SSSR count). The van der Waals surface area contributed by atoms with E-state index in [0.717, 1.165) is 18.8 Å². The molecule has 0 spiro atoms. The highest BCUT2D eigenvalue weighted by Gasteiger charge is 1.97. The summed E-state index contributed by atoms with van der Waals surface area (Å²) >= 11 is 0. The van der Waals surface area contributed by atoms with Crippen LogP contribution in [0.25, 0.3) is 0 Å². The van der Waals surface area contributed by atoms with Crippen molar-refractivity contribution in [3.05, 3.63) is 29.8 Å². The lowest BCUT2D eigenvalue weighted by atomic mass is 10.0. The highest BCUT2D eigenvalue weighted by molar-refractivity contribution is 5.34. The van der Waals surface area contributed by atoms with Gasteiger partial charge < -0.3 is 4.74 Å². The molecular weight excluding hydrogens is 342 g/mol. The first-order valence-electron chi connectivity index (χ1n) is 12.0. The van der Waals surface area contributed by atoms with Crippen molar-refractivity contribution in [1.29, 1.82) is 5.26 Å². The molecule has 0 heterocycles. The van der Waals surface area contributed by atoms with Crippen LogP contribution < -0.4 is 4.74 Å². The summed E-state index contributed by atoms with van der Waals surface area (Å²) in [4.78, 5) is 0. The zero-order valence-electron chi connectivity index (χ0n) is 18.4. The fraction of sp³-hybridized carbons (Fsp3) is 0.731. The van der Waals surface area contributed by atoms with Crippen LogP contribution in [-0.2, 0) is 0 Å². The fourth-order valence-corrected chi connectivity index (χ4v) is 3.64. The normalized spacial score (nSPS) is 10.7. The number of ether oxygens (including phenoxy) is 1. The third-order valence-corrected chi connectivity index (χ3v) is 5.50. The predicted molar refractivity (Wildman–Crippen MR) is 121 cm³/mol. The second-order valence-electron chi connectivity index (χ2n) is 8.14. The first-order valence-corrected chi connectivity index (χ1v) is 12.0. The maximum Gasteiger partial charge on any atom is 0.119 e. The number of benzene rings is 1. The van der Waals surface area contributed by atoms with Crippen LogP contribution in [0.1, 0.15) is 122 Å². The summed E-state index contributed by atoms with van der Waals surface area (Å²) in [6, 6.07) is 9.51. The standard InChI is InChI=1S/C26H43NO/c1-2-3-4-5-6-7-8-9-10-11-12-13-14-15-16-17-18-23-28-26-21-19-25(24-27)20-22-26/h19-22H,2-18,23H2,1H3. The topological polar surface area (TPSA) is 33.0 Å². The average Bonchev–Trinajstić information content (AvgIpc) is 2.73. The maximum absolute atomic E-state index is 8.78. The Balaban J connectivity index is 1.74. The van der Waals surface area contributed by atoms with Crippen molar-refractivity contribution in [2.24, 2.45) is 0 Å². The Bertz CT molecular complexity index is 488. The number of rotatable bonds is 19. The van der Waals surface area contributed by atoms with E-state index in [1.54, 1.807) is 0 Å². The summed E-state index contributed by atoms with van der Waals surface area (Å²) in [6.45, 7) is 3.07. The number of unbranched alkanes of at least 4 members (excludes halogenated alkanes) is 16. The van der Waals surface area contributed by atoms with Crippen LogP contribution in [0.3, 0.4) is 0 Å². The third kappa shape index (κ3) is 14.6. The van der Waals surface area contributed by atoms with Crippen molar-refractivity contribution in [2.75, 3.05) is 6.61 Å². The van der Waals surface area contributed by atoms with Crippen LogP contribution in [0.15, 0.2) is 24.3 Å². The van der Waals surface area contributed by atoms with Crippen molar-refractivity contribution < 1.29 is 4.74 Å². The molecule has 0 amide bonds. The summed E-state index contributed by atoms with van der Waals surface area (Å²) in [5.74, 6) is 0.871. The Labute approximate surface area is 174 Å². The molecule has 0 aliphatic heterocycles. The molecule has 2 heteroatoms. The van der Waals surface area contributed by atoms with Gasteiger partial charge in [0.15, 0.2) is 0 Å². The van der Waals surface area contributed by atoms with Crippen molar-refractivity contribution in [1.82, 2.24) is 0 Å². The Morgan fingerprint density at radius 2 is 1.00 bits per heavy atom. The molecule has 2 nitrogen and oxygen atoms in total. The molecule has 0 aromatic heterocycles. The van der Waals surface area contributed by atoms with Gasteiger partial charge in [0.1, 0.15) is 5.75 Å². The molecule has 0 atom stereocenters. The van der Waals surface area contributed by atoms with E-state index in [0.29, 0.717) is 5.56 Å². The van der Waals surface area contributed by atoms with E-state index >= 15 is 0 Å². The molecule has 0 unspecified atom stereocenters. The fourth-order valence-electron chi connectivity index (χ4n) is 3.64. The monoisotopic (exact) mass is 385 g/mol. The maximum atomic E-state index is 8.78. The molecule has 0 N–H and O–H groups in total. The van der Waals surface area contributed by atoms with Gasteiger partial charge in [0.05, 0.1) is 18.2 Å². The Morgan fingerprint density at radius 3 is 1.39 bits per heavy atom. The lowest BCUT2D eigenvalue weighted by Crippen LogP contribution is -1.97. The zero-order valence-corrected chi connectivity index (χ0v) is 18.4. The van der Waals surface area contributed by atoms with Crippen molar-refractivity contribution in [3.63, 3.8) is 0 Å². The van der Waals surface area contributed by atoms with E-state index in [4.69, 9.17) is 10.00 Å². The van der Waals surface area contributed by atoms with Gasteiger partial charge in [0.2, 0.25) is 0 Å². The highest BCUT2D eigenvalue weighted by Crippen LogP contribution is 2.15. The smallest absolute Gasteiger partial charge is 0.119 e. The lowest BCUT2D eigenvalue weighted by Gasteiger charge is -2.06. The lowest BCUT2D eigenvalue weighted by molar-refractivity contribution is 0.304. The largest absolute Gasteiger partial charge is 0.494 e. The van der Waals surface area contributed by atoms with Crippen LogP contribution >= 0.6 is 0 Å².